The molecule has 1 aromatic rings. The highest BCUT2D eigenvalue weighted by molar-refractivity contribution is 8.18. The summed E-state index contributed by atoms with van der Waals surface area (Å²) in [5, 5.41) is 2.44. The first-order valence-electron chi connectivity index (χ1n) is 10.2. The lowest BCUT2D eigenvalue weighted by Crippen LogP contribution is -2.45. The fourth-order valence-electron chi connectivity index (χ4n) is 3.12. The van der Waals surface area contributed by atoms with Crippen molar-refractivity contribution in [1.82, 2.24) is 20.2 Å². The number of hydrazine groups is 1. The maximum atomic E-state index is 13.9. The van der Waals surface area contributed by atoms with Crippen LogP contribution in [-0.2, 0) is 4.79 Å². The van der Waals surface area contributed by atoms with Crippen molar-refractivity contribution in [2.24, 2.45) is 4.99 Å². The number of amides is 2. The Morgan fingerprint density at radius 1 is 1.27 bits per heavy atom. The van der Waals surface area contributed by atoms with Crippen molar-refractivity contribution in [3.05, 3.63) is 34.5 Å². The Hall–Kier alpha value is -1.85. The smallest absolute Gasteiger partial charge is 0.410 e. The quantitative estimate of drug-likeness (QED) is 0.572. The highest BCUT2D eigenvalue weighted by atomic mass is 35.5. The van der Waals surface area contributed by atoms with Crippen LogP contribution in [0.1, 0.15) is 24.8 Å². The zero-order chi connectivity index (χ0) is 22.4. The summed E-state index contributed by atoms with van der Waals surface area (Å²) >= 11 is 1.22. The Labute approximate surface area is 210 Å². The third-order valence-corrected chi connectivity index (χ3v) is 5.82. The van der Waals surface area contributed by atoms with Gasteiger partial charge in [0, 0.05) is 32.2 Å². The fraction of sp³-hybridized carbons (Fsp3) is 0.476. The van der Waals surface area contributed by atoms with Crippen LogP contribution in [-0.4, -0.2) is 79.3 Å². The van der Waals surface area contributed by atoms with Gasteiger partial charge in [-0.05, 0) is 75.9 Å². The number of amidine groups is 1. The van der Waals surface area contributed by atoms with Crippen molar-refractivity contribution in [2.75, 3.05) is 47.3 Å². The van der Waals surface area contributed by atoms with Crippen LogP contribution in [0.15, 0.2) is 28.1 Å². The largest absolute Gasteiger partial charge is 0.414 e. The van der Waals surface area contributed by atoms with E-state index in [-0.39, 0.29) is 30.6 Å². The Balaban J connectivity index is 0.00000272. The highest BCUT2D eigenvalue weighted by Crippen LogP contribution is 2.33. The van der Waals surface area contributed by atoms with Crippen molar-refractivity contribution in [1.29, 1.82) is 0 Å². The summed E-state index contributed by atoms with van der Waals surface area (Å²) in [5.41, 5.74) is 3.53. The van der Waals surface area contributed by atoms with E-state index in [1.54, 1.807) is 7.05 Å². The van der Waals surface area contributed by atoms with Crippen molar-refractivity contribution in [3.63, 3.8) is 0 Å². The predicted octanol–water partition coefficient (Wildman–Crippen LogP) is 3.62. The van der Waals surface area contributed by atoms with Gasteiger partial charge in [-0.15, -0.1) is 24.8 Å². The van der Waals surface area contributed by atoms with Crippen LogP contribution in [0, 0.1) is 5.82 Å². The summed E-state index contributed by atoms with van der Waals surface area (Å²) in [5.74, 6) is -0.689. The summed E-state index contributed by atoms with van der Waals surface area (Å²) in [4.78, 5) is 32.8. The Bertz CT molecular complexity index is 895. The van der Waals surface area contributed by atoms with E-state index in [1.807, 2.05) is 24.0 Å². The van der Waals surface area contributed by atoms with Crippen LogP contribution < -0.4 is 10.2 Å². The first-order valence-corrected chi connectivity index (χ1v) is 11.1. The first-order chi connectivity index (χ1) is 14.8. The average molecular weight is 522 g/mol. The van der Waals surface area contributed by atoms with E-state index in [0.717, 1.165) is 38.9 Å². The molecular formula is C21H30Cl2FN5O3S. The molecule has 2 heterocycles. The van der Waals surface area contributed by atoms with Gasteiger partial charge < -0.3 is 14.5 Å². The number of nitrogens with one attached hydrogen (secondary N) is 1. The molecule has 2 aliphatic rings. The summed E-state index contributed by atoms with van der Waals surface area (Å²) < 4.78 is 19.4. The van der Waals surface area contributed by atoms with Crippen molar-refractivity contribution >= 4 is 59.8 Å². The van der Waals surface area contributed by atoms with E-state index in [2.05, 4.69) is 10.4 Å². The lowest BCUT2D eigenvalue weighted by Gasteiger charge is -2.28. The molecular weight excluding hydrogens is 492 g/mol. The molecule has 0 aromatic heterocycles. The molecule has 0 aliphatic carbocycles. The number of carbonyl (C=O) groups excluding carboxylic acids is 2. The predicted molar refractivity (Wildman–Crippen MR) is 135 cm³/mol. The van der Waals surface area contributed by atoms with Crippen LogP contribution in [0.4, 0.5) is 9.18 Å². The minimum atomic E-state index is -0.537. The van der Waals surface area contributed by atoms with Crippen molar-refractivity contribution in [3.8, 4) is 5.75 Å². The molecule has 0 bridgehead atoms. The van der Waals surface area contributed by atoms with Crippen LogP contribution in [0.3, 0.4) is 0 Å². The molecule has 184 valence electrons. The third-order valence-electron chi connectivity index (χ3n) is 4.82. The lowest BCUT2D eigenvalue weighted by molar-refractivity contribution is -0.113. The van der Waals surface area contributed by atoms with Gasteiger partial charge in [-0.1, -0.05) is 0 Å². The molecule has 0 spiro atoms. The summed E-state index contributed by atoms with van der Waals surface area (Å²) in [6, 6.07) is 3.86. The number of nitrogens with zero attached hydrogens (tertiary/aromatic N) is 4. The fourth-order valence-corrected chi connectivity index (χ4v) is 4.03. The number of thioether (sulfide) groups is 1. The van der Waals surface area contributed by atoms with Crippen molar-refractivity contribution in [2.45, 2.75) is 19.3 Å². The minimum Gasteiger partial charge on any atom is -0.410 e. The molecule has 2 aliphatic heterocycles. The zero-order valence-electron chi connectivity index (χ0n) is 18.9. The van der Waals surface area contributed by atoms with Gasteiger partial charge in [0.1, 0.15) is 11.6 Å². The SMILES string of the molecule is CN(C)CCCN(C)C(=O)Oc1ccc(F)cc1C=C1SC(N2CCCCN2)=NC1=O.Cl.Cl. The molecule has 12 heteroatoms. The van der Waals surface area contributed by atoms with Gasteiger partial charge in [-0.2, -0.15) is 4.99 Å². The maximum Gasteiger partial charge on any atom is 0.414 e. The van der Waals surface area contributed by atoms with Gasteiger partial charge in [0.25, 0.3) is 5.91 Å². The molecule has 1 saturated heterocycles. The van der Waals surface area contributed by atoms with E-state index < -0.39 is 17.8 Å². The molecule has 1 N–H and O–H groups in total. The van der Waals surface area contributed by atoms with E-state index in [4.69, 9.17) is 4.74 Å². The molecule has 1 aromatic carbocycles. The number of halogens is 3. The average Bonchev–Trinajstić information content (AvgIpc) is 3.10. The van der Waals surface area contributed by atoms with E-state index >= 15 is 0 Å². The molecule has 33 heavy (non-hydrogen) atoms. The number of aliphatic imine (C=N–C) groups is 1. The maximum absolute atomic E-state index is 13.9. The number of carbonyl (C=O) groups is 2. The molecule has 2 amide bonds. The first kappa shape index (κ1) is 29.2. The number of hydrogen-bond donors (Lipinski definition) is 1. The normalized spacial score (nSPS) is 16.9. The summed E-state index contributed by atoms with van der Waals surface area (Å²) in [6.45, 7) is 2.98. The molecule has 1 fully saturated rings. The second-order valence-electron chi connectivity index (χ2n) is 7.71. The number of ether oxygens (including phenoxy) is 1. The van der Waals surface area contributed by atoms with Gasteiger partial charge >= 0.3 is 6.09 Å². The number of benzene rings is 1. The lowest BCUT2D eigenvalue weighted by atomic mass is 10.2. The van der Waals surface area contributed by atoms with Crippen LogP contribution in [0.5, 0.6) is 5.75 Å². The summed E-state index contributed by atoms with van der Waals surface area (Å²) in [7, 11) is 5.59. The van der Waals surface area contributed by atoms with E-state index in [9.17, 15) is 14.0 Å². The van der Waals surface area contributed by atoms with Crippen LogP contribution in [0.25, 0.3) is 6.08 Å². The minimum absolute atomic E-state index is 0. The van der Waals surface area contributed by atoms with Gasteiger partial charge in [0.2, 0.25) is 0 Å². The van der Waals surface area contributed by atoms with Crippen molar-refractivity contribution < 1.29 is 18.7 Å². The number of rotatable bonds is 6. The van der Waals surface area contributed by atoms with Gasteiger partial charge in [-0.3, -0.25) is 9.80 Å². The highest BCUT2D eigenvalue weighted by Gasteiger charge is 2.27. The third kappa shape index (κ3) is 8.46. The van der Waals surface area contributed by atoms with Crippen LogP contribution >= 0.6 is 36.6 Å². The van der Waals surface area contributed by atoms with E-state index in [0.29, 0.717) is 22.2 Å². The molecule has 0 saturated carbocycles. The molecule has 0 atom stereocenters. The molecule has 3 rings (SSSR count). The van der Waals surface area contributed by atoms with Gasteiger partial charge in [-0.25, -0.2) is 14.6 Å². The zero-order valence-corrected chi connectivity index (χ0v) is 21.3. The van der Waals surface area contributed by atoms with Gasteiger partial charge in [0.15, 0.2) is 5.17 Å². The topological polar surface area (TPSA) is 77.5 Å². The Morgan fingerprint density at radius 2 is 2.03 bits per heavy atom. The Kier molecular flexibility index (Phi) is 12.2. The molecule has 0 radical (unpaired) electrons. The molecule has 8 nitrogen and oxygen atoms in total. The molecule has 0 unspecified atom stereocenters. The van der Waals surface area contributed by atoms with E-state index in [1.165, 1.54) is 40.9 Å². The van der Waals surface area contributed by atoms with Crippen LogP contribution in [0.2, 0.25) is 0 Å². The second-order valence-corrected chi connectivity index (χ2v) is 8.71. The van der Waals surface area contributed by atoms with Gasteiger partial charge in [0.05, 0.1) is 4.91 Å². The summed E-state index contributed by atoms with van der Waals surface area (Å²) in [6.07, 6.45) is 3.88. The number of hydrogen-bond acceptors (Lipinski definition) is 7. The second kappa shape index (κ2) is 13.8. The monoisotopic (exact) mass is 521 g/mol. The standard InChI is InChI=1S/C21H28FN5O3S.2ClH/c1-25(2)10-6-11-26(3)21(29)30-17-8-7-16(22)13-15(17)14-18-19(28)24-20(31-18)27-12-5-4-9-23-27;;/h7-8,13-14,23H,4-6,9-12H2,1-3H3;2*1H. The Morgan fingerprint density at radius 3 is 2.70 bits per heavy atom.